The van der Waals surface area contributed by atoms with Crippen LogP contribution >= 0.6 is 0 Å². The van der Waals surface area contributed by atoms with Crippen LogP contribution in [0.15, 0.2) is 12.4 Å². The van der Waals surface area contributed by atoms with Gasteiger partial charge in [0, 0.05) is 37.9 Å². The molecule has 1 aromatic rings. The summed E-state index contributed by atoms with van der Waals surface area (Å²) in [6.45, 7) is 5.17. The predicted octanol–water partition coefficient (Wildman–Crippen LogP) is 3.41. The van der Waals surface area contributed by atoms with Crippen molar-refractivity contribution >= 4 is 6.09 Å². The summed E-state index contributed by atoms with van der Waals surface area (Å²) in [6, 6.07) is 0. The van der Waals surface area contributed by atoms with Crippen LogP contribution in [0, 0.1) is 5.92 Å². The molecule has 2 fully saturated rings. The molecule has 1 saturated heterocycles. The Morgan fingerprint density at radius 2 is 2.23 bits per heavy atom. The molecule has 122 valence electrons. The molecule has 0 unspecified atom stereocenters. The van der Waals surface area contributed by atoms with E-state index >= 15 is 0 Å². The Morgan fingerprint density at radius 1 is 1.36 bits per heavy atom. The van der Waals surface area contributed by atoms with E-state index < -0.39 is 0 Å². The molecule has 22 heavy (non-hydrogen) atoms. The molecule has 0 bridgehead atoms. The van der Waals surface area contributed by atoms with Gasteiger partial charge in [-0.3, -0.25) is 0 Å². The van der Waals surface area contributed by atoms with Gasteiger partial charge in [0.15, 0.2) is 0 Å². The van der Waals surface area contributed by atoms with Gasteiger partial charge in [-0.25, -0.2) is 9.78 Å². The molecule has 0 spiro atoms. The molecule has 3 rings (SSSR count). The summed E-state index contributed by atoms with van der Waals surface area (Å²) >= 11 is 0. The Kier molecular flexibility index (Phi) is 5.01. The first-order valence-corrected chi connectivity index (χ1v) is 8.70. The van der Waals surface area contributed by atoms with Crippen molar-refractivity contribution in [2.45, 2.75) is 57.9 Å². The molecule has 2 heterocycles. The standard InChI is InChI=1S/C17H27N3O2/c1-2-11-22-17(21)20-9-4-7-15(13-20)16-18-8-10-19(16)12-14-5-3-6-14/h8,10,14-15H,2-7,9,11-13H2,1H3/t15-/m0/s1. The maximum Gasteiger partial charge on any atom is 0.409 e. The quantitative estimate of drug-likeness (QED) is 0.837. The van der Waals surface area contributed by atoms with Crippen molar-refractivity contribution in [3.05, 3.63) is 18.2 Å². The molecule has 0 aromatic carbocycles. The Morgan fingerprint density at radius 3 is 2.95 bits per heavy atom. The molecule has 1 atom stereocenters. The Bertz CT molecular complexity index is 496. The highest BCUT2D eigenvalue weighted by Gasteiger charge is 2.29. The van der Waals surface area contributed by atoms with Crippen molar-refractivity contribution in [2.24, 2.45) is 5.92 Å². The van der Waals surface area contributed by atoms with Crippen LogP contribution in [0.5, 0.6) is 0 Å². The van der Waals surface area contributed by atoms with Crippen LogP contribution in [-0.4, -0.2) is 40.2 Å². The lowest BCUT2D eigenvalue weighted by Gasteiger charge is -2.33. The molecule has 2 aliphatic rings. The van der Waals surface area contributed by atoms with E-state index in [1.807, 2.05) is 18.0 Å². The van der Waals surface area contributed by atoms with Gasteiger partial charge in [0.25, 0.3) is 0 Å². The van der Waals surface area contributed by atoms with Gasteiger partial charge in [0.1, 0.15) is 5.82 Å². The monoisotopic (exact) mass is 305 g/mol. The van der Waals surface area contributed by atoms with Crippen molar-refractivity contribution in [2.75, 3.05) is 19.7 Å². The number of nitrogens with zero attached hydrogens (tertiary/aromatic N) is 3. The highest BCUT2D eigenvalue weighted by Crippen LogP contribution is 2.31. The second-order valence-electron chi connectivity index (χ2n) is 6.63. The van der Waals surface area contributed by atoms with E-state index in [1.165, 1.54) is 19.3 Å². The predicted molar refractivity (Wildman–Crippen MR) is 84.8 cm³/mol. The first kappa shape index (κ1) is 15.4. The number of carbonyl (C=O) groups excluding carboxylic acids is 1. The lowest BCUT2D eigenvalue weighted by molar-refractivity contribution is 0.0905. The molecule has 1 aliphatic heterocycles. The highest BCUT2D eigenvalue weighted by molar-refractivity contribution is 5.67. The van der Waals surface area contributed by atoms with Gasteiger partial charge in [-0.2, -0.15) is 0 Å². The fourth-order valence-electron chi connectivity index (χ4n) is 3.42. The maximum absolute atomic E-state index is 12.1. The van der Waals surface area contributed by atoms with Crippen molar-refractivity contribution in [3.8, 4) is 0 Å². The number of ether oxygens (including phenoxy) is 1. The van der Waals surface area contributed by atoms with Crippen molar-refractivity contribution in [1.29, 1.82) is 0 Å². The SMILES string of the molecule is CCCOC(=O)N1CCC[C@H](c2nccn2CC2CCC2)C1. The summed E-state index contributed by atoms with van der Waals surface area (Å²) < 4.78 is 7.59. The minimum absolute atomic E-state index is 0.163. The Hall–Kier alpha value is -1.52. The molecule has 5 heteroatoms. The summed E-state index contributed by atoms with van der Waals surface area (Å²) in [5, 5.41) is 0. The van der Waals surface area contributed by atoms with Crippen molar-refractivity contribution in [1.82, 2.24) is 14.5 Å². The van der Waals surface area contributed by atoms with E-state index in [2.05, 4.69) is 15.7 Å². The zero-order valence-corrected chi connectivity index (χ0v) is 13.5. The van der Waals surface area contributed by atoms with E-state index in [9.17, 15) is 4.79 Å². The summed E-state index contributed by atoms with van der Waals surface area (Å²) in [7, 11) is 0. The summed E-state index contributed by atoms with van der Waals surface area (Å²) in [5.41, 5.74) is 0. The number of amides is 1. The van der Waals surface area contributed by atoms with Gasteiger partial charge in [-0.05, 0) is 38.0 Å². The number of hydrogen-bond donors (Lipinski definition) is 0. The molecule has 1 amide bonds. The third-order valence-electron chi connectivity index (χ3n) is 4.90. The average molecular weight is 305 g/mol. The fraction of sp³-hybridized carbons (Fsp3) is 0.765. The van der Waals surface area contributed by atoms with Crippen LogP contribution in [0.2, 0.25) is 0 Å². The molecule has 0 N–H and O–H groups in total. The van der Waals surface area contributed by atoms with Crippen molar-refractivity contribution < 1.29 is 9.53 Å². The van der Waals surface area contributed by atoms with Gasteiger partial charge in [0.2, 0.25) is 0 Å². The van der Waals surface area contributed by atoms with Crippen LogP contribution < -0.4 is 0 Å². The number of likely N-dealkylation sites (tertiary alicyclic amines) is 1. The Labute approximate surface area is 132 Å². The molecule has 1 aliphatic carbocycles. The lowest BCUT2D eigenvalue weighted by Crippen LogP contribution is -2.40. The normalized spacial score (nSPS) is 22.4. The molecule has 1 aromatic heterocycles. The Balaban J connectivity index is 1.61. The van der Waals surface area contributed by atoms with Gasteiger partial charge in [-0.15, -0.1) is 0 Å². The first-order chi connectivity index (χ1) is 10.8. The van der Waals surface area contributed by atoms with E-state index in [1.54, 1.807) is 0 Å². The number of carbonyl (C=O) groups is 1. The maximum atomic E-state index is 12.1. The molecular formula is C17H27N3O2. The summed E-state index contributed by atoms with van der Waals surface area (Å²) in [6.07, 6.45) is 10.9. The van der Waals surface area contributed by atoms with E-state index in [4.69, 9.17) is 4.74 Å². The molecular weight excluding hydrogens is 278 g/mol. The number of piperidine rings is 1. The van der Waals surface area contributed by atoms with Crippen LogP contribution in [-0.2, 0) is 11.3 Å². The van der Waals surface area contributed by atoms with Crippen molar-refractivity contribution in [3.63, 3.8) is 0 Å². The summed E-state index contributed by atoms with van der Waals surface area (Å²) in [5.74, 6) is 2.32. The highest BCUT2D eigenvalue weighted by atomic mass is 16.6. The average Bonchev–Trinajstić information content (AvgIpc) is 2.97. The second-order valence-corrected chi connectivity index (χ2v) is 6.63. The number of aromatic nitrogens is 2. The first-order valence-electron chi connectivity index (χ1n) is 8.70. The number of imidazole rings is 1. The third kappa shape index (κ3) is 3.45. The fourth-order valence-corrected chi connectivity index (χ4v) is 3.42. The van der Waals surface area contributed by atoms with Gasteiger partial charge in [0.05, 0.1) is 6.61 Å². The lowest BCUT2D eigenvalue weighted by atomic mass is 9.85. The van der Waals surface area contributed by atoms with E-state index in [0.29, 0.717) is 12.5 Å². The topological polar surface area (TPSA) is 47.4 Å². The van der Waals surface area contributed by atoms with Crippen LogP contribution in [0.3, 0.4) is 0 Å². The van der Waals surface area contributed by atoms with E-state index in [-0.39, 0.29) is 6.09 Å². The number of hydrogen-bond acceptors (Lipinski definition) is 3. The van der Waals surface area contributed by atoms with Crippen LogP contribution in [0.4, 0.5) is 4.79 Å². The number of rotatable bonds is 5. The third-order valence-corrected chi connectivity index (χ3v) is 4.90. The van der Waals surface area contributed by atoms with Crippen LogP contribution in [0.25, 0.3) is 0 Å². The molecule has 0 radical (unpaired) electrons. The largest absolute Gasteiger partial charge is 0.449 e. The smallest absolute Gasteiger partial charge is 0.409 e. The minimum Gasteiger partial charge on any atom is -0.449 e. The second kappa shape index (κ2) is 7.16. The van der Waals surface area contributed by atoms with Gasteiger partial charge in [-0.1, -0.05) is 13.3 Å². The summed E-state index contributed by atoms with van der Waals surface area (Å²) in [4.78, 5) is 18.5. The molecule has 5 nitrogen and oxygen atoms in total. The van der Waals surface area contributed by atoms with Crippen LogP contribution in [0.1, 0.15) is 57.2 Å². The molecule has 1 saturated carbocycles. The zero-order chi connectivity index (χ0) is 15.4. The van der Waals surface area contributed by atoms with Gasteiger partial charge >= 0.3 is 6.09 Å². The van der Waals surface area contributed by atoms with E-state index in [0.717, 1.165) is 50.6 Å². The van der Waals surface area contributed by atoms with Gasteiger partial charge < -0.3 is 14.2 Å². The minimum atomic E-state index is -0.163. The zero-order valence-electron chi connectivity index (χ0n) is 13.5.